The molecule has 5 heterocycles. The highest BCUT2D eigenvalue weighted by Gasteiger charge is 2.38. The summed E-state index contributed by atoms with van der Waals surface area (Å²) in [6, 6.07) is 52.6. The number of aliphatic carboxylic acids is 1. The van der Waals surface area contributed by atoms with Crippen LogP contribution in [0.25, 0.3) is 23.3 Å². The lowest BCUT2D eigenvalue weighted by molar-refractivity contribution is -0.131. The number of allylic oxidation sites excluding steroid dienone is 1. The van der Waals surface area contributed by atoms with E-state index in [1.54, 1.807) is 42.7 Å². The fraction of sp³-hybridized carbons (Fsp3) is 0.458. The highest BCUT2D eigenvalue weighted by Crippen LogP contribution is 2.48. The maximum atomic E-state index is 13.3. The van der Waals surface area contributed by atoms with Crippen LogP contribution in [0.5, 0.6) is 0 Å². The molecule has 16 rings (SSSR count). The predicted molar refractivity (Wildman–Crippen MR) is 590 cm³/mol. The molecule has 6 amide bonds. The van der Waals surface area contributed by atoms with Gasteiger partial charge in [0.1, 0.15) is 64.6 Å². The monoisotopic (exact) mass is 2120 g/mol. The minimum atomic E-state index is -0.940. The van der Waals surface area contributed by atoms with Gasteiger partial charge in [0, 0.05) is 199 Å². The zero-order valence-corrected chi connectivity index (χ0v) is 91.7. The molecule has 0 unspecified atom stereocenters. The van der Waals surface area contributed by atoms with Gasteiger partial charge in [-0.15, -0.1) is 0 Å². The molecule has 8 aromatic rings. The molecular weight excluding hydrogens is 1970 g/mol. The normalized spacial score (nSPS) is 16.1. The van der Waals surface area contributed by atoms with Crippen LogP contribution >= 0.6 is 15.9 Å². The Kier molecular flexibility index (Phi) is 40.7. The van der Waals surface area contributed by atoms with Crippen molar-refractivity contribution in [2.45, 2.75) is 221 Å². The van der Waals surface area contributed by atoms with Crippen LogP contribution in [-0.2, 0) is 44.4 Å². The van der Waals surface area contributed by atoms with Crippen LogP contribution in [0.3, 0.4) is 0 Å². The van der Waals surface area contributed by atoms with Gasteiger partial charge < -0.3 is 82.5 Å². The van der Waals surface area contributed by atoms with Gasteiger partial charge in [0.2, 0.25) is 0 Å². The van der Waals surface area contributed by atoms with Gasteiger partial charge in [-0.05, 0) is 375 Å². The van der Waals surface area contributed by atoms with Gasteiger partial charge in [-0.2, -0.15) is 0 Å². The molecule has 3 saturated carbocycles. The number of nitrogens with one attached hydrogen (secondary N) is 1. The van der Waals surface area contributed by atoms with E-state index in [1.165, 1.54) is 89.8 Å². The van der Waals surface area contributed by atoms with Gasteiger partial charge >= 0.3 is 42.5 Å². The Morgan fingerprint density at radius 2 is 0.633 bits per heavy atom. The molecule has 0 aromatic heterocycles. The number of piperazine rings is 5. The molecule has 0 radical (unpaired) electrons. The number of aldehydes is 4. The summed E-state index contributed by atoms with van der Waals surface area (Å²) in [6.07, 6.45) is 14.9. The van der Waals surface area contributed by atoms with E-state index in [2.05, 4.69) is 82.1 Å². The largest absolute Gasteiger partial charge is 0.478 e. The predicted octanol–water partition coefficient (Wildman–Crippen LogP) is 23.1. The van der Waals surface area contributed by atoms with Crippen molar-refractivity contribution in [3.8, 4) is 11.1 Å². The Balaban J connectivity index is 0.000000180. The maximum absolute atomic E-state index is 13.3. The Morgan fingerprint density at radius 1 is 0.333 bits per heavy atom. The minimum absolute atomic E-state index is 0.0715. The summed E-state index contributed by atoms with van der Waals surface area (Å²) in [5.41, 5.74) is 14.3. The van der Waals surface area contributed by atoms with Crippen molar-refractivity contribution >= 4 is 136 Å². The second kappa shape index (κ2) is 52.5. The van der Waals surface area contributed by atoms with Crippen molar-refractivity contribution in [1.29, 1.82) is 0 Å². The van der Waals surface area contributed by atoms with Crippen LogP contribution in [0.15, 0.2) is 186 Å². The van der Waals surface area contributed by atoms with Gasteiger partial charge in [-0.1, -0.05) is 54.6 Å². The first-order valence-electron chi connectivity index (χ1n) is 51.7. The lowest BCUT2D eigenvalue weighted by atomic mass is 9.98. The first kappa shape index (κ1) is 116. The van der Waals surface area contributed by atoms with E-state index < -0.39 is 45.7 Å². The molecule has 150 heavy (non-hydrogen) atoms. The van der Waals surface area contributed by atoms with Crippen molar-refractivity contribution in [2.24, 2.45) is 0 Å². The van der Waals surface area contributed by atoms with Gasteiger partial charge in [0.05, 0.1) is 5.69 Å². The first-order chi connectivity index (χ1) is 70.8. The summed E-state index contributed by atoms with van der Waals surface area (Å²) in [4.78, 5) is 160. The Bertz CT molecular complexity index is 6030. The Morgan fingerprint density at radius 3 is 0.960 bits per heavy atom. The number of carboxylic acids is 1. The number of nitrogens with zero attached hydrogens (tertiary/aromatic N) is 10. The topological polar surface area (TPSA) is 325 Å². The van der Waals surface area contributed by atoms with Crippen molar-refractivity contribution in [3.63, 3.8) is 0 Å². The molecule has 3 aliphatic carbocycles. The molecule has 32 heteroatoms. The molecule has 30 nitrogen and oxygen atoms in total. The van der Waals surface area contributed by atoms with Crippen LogP contribution in [-0.4, -0.2) is 268 Å². The lowest BCUT2D eigenvalue weighted by Gasteiger charge is -2.37. The van der Waals surface area contributed by atoms with Gasteiger partial charge in [-0.25, -0.2) is 38.0 Å². The van der Waals surface area contributed by atoms with Crippen molar-refractivity contribution < 1.29 is 95.5 Å². The Labute approximate surface area is 891 Å². The average Bonchev–Trinajstić information content (AvgIpc) is 1.64. The quantitative estimate of drug-likeness (QED) is 0.0407. The summed E-state index contributed by atoms with van der Waals surface area (Å²) in [5, 5.41) is 11.7. The van der Waals surface area contributed by atoms with Crippen molar-refractivity contribution in [2.75, 3.05) is 161 Å². The van der Waals surface area contributed by atoms with Crippen molar-refractivity contribution in [3.05, 3.63) is 248 Å². The molecule has 0 atom stereocenters. The number of benzene rings is 8. The molecule has 2 N–H and O–H groups in total. The van der Waals surface area contributed by atoms with Crippen LogP contribution in [0.4, 0.5) is 67.3 Å². The minimum Gasteiger partial charge on any atom is -0.478 e. The number of carboxylic acid groups (broad SMARTS) is 1. The number of carbonyl (C=O) groups excluding carboxylic acids is 11. The summed E-state index contributed by atoms with van der Waals surface area (Å²) < 4.78 is 45.7. The third-order valence-electron chi connectivity index (χ3n) is 25.0. The number of rotatable bonds is 20. The Hall–Kier alpha value is -13.9. The summed E-state index contributed by atoms with van der Waals surface area (Å²) >= 11 is 3.50. The lowest BCUT2D eigenvalue weighted by Crippen LogP contribution is -2.50. The van der Waals surface area contributed by atoms with E-state index in [1.807, 2.05) is 234 Å². The summed E-state index contributed by atoms with van der Waals surface area (Å²) in [7, 11) is 0. The molecule has 0 bridgehead atoms. The number of ether oxygens (including phenoxy) is 6. The molecule has 8 aromatic carbocycles. The van der Waals surface area contributed by atoms with Crippen LogP contribution in [0.1, 0.15) is 256 Å². The zero-order chi connectivity index (χ0) is 109. The number of ketones is 1. The molecule has 8 aliphatic rings. The SMILES string of the molecule is CC(C)(C)OC(=O)N1CCN(c2ccc(/C=C/C(=O)O)cc2C2CC2)CC1.CC(C)(C)OC(=O)N1CCN(c2ccc(C=O)cc2)CC1.CC(C)(C)OC(=O)N1CCN(c2ccc(C=O)cc2Br)CC1.CC(C)(C)OC(=O)N1CCN(c2ccc(C=O)cc2C2CC2)CC1.CC(C)(C)OC(=O)Nc1ccc(-c2ccccc2)cc1CC(=O)/C=C/c1ccc(N2CCN(C(=O)OC(C)(C)C)CC2)c(C2CC2)c1.O=Cc1ccc(F)cc1. The van der Waals surface area contributed by atoms with Crippen molar-refractivity contribution in [1.82, 2.24) is 24.5 Å². The molecule has 5 aliphatic heterocycles. The molecule has 804 valence electrons. The fourth-order valence-corrected chi connectivity index (χ4v) is 17.8. The van der Waals surface area contributed by atoms with Crippen LogP contribution in [0.2, 0.25) is 0 Å². The first-order valence-corrected chi connectivity index (χ1v) is 52.5. The average molecular weight is 2120 g/mol. The molecule has 5 saturated heterocycles. The maximum Gasteiger partial charge on any atom is 0.412 e. The fourth-order valence-electron chi connectivity index (χ4n) is 17.2. The number of anilines is 6. The van der Waals surface area contributed by atoms with Gasteiger partial charge in [0.15, 0.2) is 5.78 Å². The van der Waals surface area contributed by atoms with Crippen LogP contribution < -0.4 is 29.8 Å². The molecule has 8 fully saturated rings. The number of hydrogen-bond donors (Lipinski definition) is 2. The van der Waals surface area contributed by atoms with E-state index in [0.717, 1.165) is 141 Å². The third-order valence-corrected chi connectivity index (χ3v) is 25.6. The number of halogens is 2. The van der Waals surface area contributed by atoms with Gasteiger partial charge in [0.25, 0.3) is 0 Å². The second-order valence-corrected chi connectivity index (χ2v) is 45.2. The number of amides is 6. The molecule has 0 spiro atoms. The van der Waals surface area contributed by atoms with E-state index in [9.17, 15) is 61.9 Å². The van der Waals surface area contributed by atoms with E-state index in [4.69, 9.17) is 33.5 Å². The molecular formula is C118H149BrFN11O19. The number of carbonyl (C=O) groups is 12. The number of hydrogen-bond acceptors (Lipinski definition) is 23. The van der Waals surface area contributed by atoms with Gasteiger partial charge in [-0.3, -0.25) is 29.3 Å². The highest BCUT2D eigenvalue weighted by atomic mass is 79.9. The van der Waals surface area contributed by atoms with E-state index in [-0.39, 0.29) is 48.5 Å². The summed E-state index contributed by atoms with van der Waals surface area (Å²) in [6.45, 7) is 47.6. The summed E-state index contributed by atoms with van der Waals surface area (Å²) in [5.74, 6) is 0.328. The van der Waals surface area contributed by atoms with E-state index in [0.29, 0.717) is 117 Å². The smallest absolute Gasteiger partial charge is 0.412 e. The third kappa shape index (κ3) is 38.0. The zero-order valence-electron chi connectivity index (χ0n) is 90.1. The van der Waals surface area contributed by atoms with E-state index >= 15 is 0 Å². The second-order valence-electron chi connectivity index (χ2n) is 44.4. The van der Waals surface area contributed by atoms with Crippen LogP contribution in [0, 0.1) is 5.82 Å². The standard InChI is InChI=1S/C39H47N3O5.C21H28N2O4.C19H26N2O3.C16H21BrN2O3.C16H22N2O3.C7H5FO/c1-38(2,3)46-36(44)40-34-18-16-30(28-10-8-7-9-11-28)25-31(34)26-32(43)17-12-27-13-19-35(33(24-27)29-14-15-29)41-20-22-42(23-21-41)37(45)47-39(4,5)6;1-21(2,3)27-20(26)23-12-10-22(11-13-23)18-8-4-15(5-9-19(24)25)14-17(18)16-6-7-16;1-19(2,3)24-18(23)21-10-8-20(9-11-21)17-7-4-14(13-22)12-16(17)15-5-6-15;1-16(2,3)22-15(21)19-8-6-18(7-9-19)14-5-4-12(11-20)10-13(14)17;1-16(2,3)21-15(20)18-10-8-17(9-11-18)14-6-4-13(12-19)5-7-14;8-7-3-1-6(5-9)2-4-7/h7-13,16-19,24-25,29H,14-15,20-23,26H2,1-6H3,(H,40,44);4-5,8-9,14,16H,6-7,10-13H2,1-3H3,(H,24,25);4,7,12-13,15H,5-6,8-11H2,1-3H3;4-5,10-11H,6-9H2,1-3H3;4-7,12H,8-11H2,1-3H3;1-5H/b17-12+;9-5+;;;;. The highest BCUT2D eigenvalue weighted by molar-refractivity contribution is 9.10.